The molecule has 0 aliphatic rings. The molecule has 92 valence electrons. The van der Waals surface area contributed by atoms with Crippen molar-refractivity contribution in [2.24, 2.45) is 0 Å². The molecule has 0 spiro atoms. The molecule has 0 saturated carbocycles. The molecule has 0 aromatic heterocycles. The van der Waals surface area contributed by atoms with Crippen LogP contribution in [0.3, 0.4) is 0 Å². The number of carbonyl (C=O) groups excluding carboxylic acids is 1. The van der Waals surface area contributed by atoms with Crippen molar-refractivity contribution in [2.45, 2.75) is 6.92 Å². The molecule has 18 heavy (non-hydrogen) atoms. The average Bonchev–Trinajstić information content (AvgIpc) is 2.35. The third-order valence-electron chi connectivity index (χ3n) is 2.48. The van der Waals surface area contributed by atoms with Gasteiger partial charge in [-0.3, -0.25) is 4.79 Å². The van der Waals surface area contributed by atoms with Crippen LogP contribution in [0.5, 0.6) is 0 Å². The summed E-state index contributed by atoms with van der Waals surface area (Å²) in [7, 11) is 0. The van der Waals surface area contributed by atoms with Gasteiger partial charge in [0.2, 0.25) is 0 Å². The van der Waals surface area contributed by atoms with Crippen molar-refractivity contribution in [3.8, 4) is 0 Å². The van der Waals surface area contributed by atoms with Crippen LogP contribution in [0.2, 0.25) is 5.02 Å². The zero-order valence-electron chi connectivity index (χ0n) is 9.71. The fourth-order valence-corrected chi connectivity index (χ4v) is 2.20. The topological polar surface area (TPSA) is 29.1 Å². The maximum Gasteiger partial charge on any atom is 0.257 e. The van der Waals surface area contributed by atoms with E-state index in [0.717, 1.165) is 14.8 Å². The Morgan fingerprint density at radius 3 is 2.50 bits per heavy atom. The molecular formula is C14H11ClINO. The number of carbonyl (C=O) groups is 1. The molecule has 2 nitrogen and oxygen atoms in total. The van der Waals surface area contributed by atoms with E-state index < -0.39 is 0 Å². The highest BCUT2D eigenvalue weighted by Gasteiger charge is 2.10. The normalized spacial score (nSPS) is 10.2. The number of nitrogens with one attached hydrogen (secondary N) is 1. The first-order valence-electron chi connectivity index (χ1n) is 5.39. The quantitative estimate of drug-likeness (QED) is 0.774. The van der Waals surface area contributed by atoms with Crippen LogP contribution in [0.4, 0.5) is 5.69 Å². The maximum absolute atomic E-state index is 12.1. The van der Waals surface area contributed by atoms with Crippen LogP contribution in [0.25, 0.3) is 0 Å². The Balaban J connectivity index is 2.21. The van der Waals surface area contributed by atoms with E-state index in [2.05, 4.69) is 27.9 Å². The molecule has 0 aliphatic carbocycles. The molecule has 0 aliphatic heterocycles. The van der Waals surface area contributed by atoms with Crippen molar-refractivity contribution in [1.29, 1.82) is 0 Å². The molecule has 0 bridgehead atoms. The van der Waals surface area contributed by atoms with Crippen LogP contribution in [0, 0.1) is 10.5 Å². The van der Waals surface area contributed by atoms with E-state index >= 15 is 0 Å². The van der Waals surface area contributed by atoms with Crippen molar-refractivity contribution < 1.29 is 4.79 Å². The lowest BCUT2D eigenvalue weighted by molar-refractivity contribution is 0.102. The van der Waals surface area contributed by atoms with E-state index in [0.29, 0.717) is 10.6 Å². The molecule has 0 saturated heterocycles. The minimum Gasteiger partial charge on any atom is -0.322 e. The SMILES string of the molecule is Cc1ccc(NC(=O)c2cc(I)ccc2Cl)cc1. The van der Waals surface area contributed by atoms with Gasteiger partial charge in [0.05, 0.1) is 10.6 Å². The molecule has 0 unspecified atom stereocenters. The lowest BCUT2D eigenvalue weighted by atomic mass is 10.2. The fraction of sp³-hybridized carbons (Fsp3) is 0.0714. The van der Waals surface area contributed by atoms with Gasteiger partial charge in [-0.1, -0.05) is 29.3 Å². The largest absolute Gasteiger partial charge is 0.322 e. The highest BCUT2D eigenvalue weighted by atomic mass is 127. The van der Waals surface area contributed by atoms with Gasteiger partial charge in [-0.2, -0.15) is 0 Å². The highest BCUT2D eigenvalue weighted by molar-refractivity contribution is 14.1. The first kappa shape index (κ1) is 13.4. The Morgan fingerprint density at radius 2 is 1.83 bits per heavy atom. The number of halogens is 2. The summed E-state index contributed by atoms with van der Waals surface area (Å²) in [6, 6.07) is 13.0. The summed E-state index contributed by atoms with van der Waals surface area (Å²) in [6.45, 7) is 2.00. The van der Waals surface area contributed by atoms with Crippen LogP contribution < -0.4 is 5.32 Å². The zero-order valence-corrected chi connectivity index (χ0v) is 12.6. The molecule has 1 N–H and O–H groups in total. The number of hydrogen-bond acceptors (Lipinski definition) is 1. The number of hydrogen-bond donors (Lipinski definition) is 1. The van der Waals surface area contributed by atoms with Crippen molar-refractivity contribution in [1.82, 2.24) is 0 Å². The standard InChI is InChI=1S/C14H11ClINO/c1-9-2-5-11(6-3-9)17-14(18)12-8-10(16)4-7-13(12)15/h2-8H,1H3,(H,17,18). The van der Waals surface area contributed by atoms with E-state index in [-0.39, 0.29) is 5.91 Å². The van der Waals surface area contributed by atoms with Gasteiger partial charge in [-0.15, -0.1) is 0 Å². The lowest BCUT2D eigenvalue weighted by Gasteiger charge is -2.07. The average molecular weight is 372 g/mol. The first-order chi connectivity index (χ1) is 8.56. The molecular weight excluding hydrogens is 361 g/mol. The van der Waals surface area contributed by atoms with E-state index in [4.69, 9.17) is 11.6 Å². The van der Waals surface area contributed by atoms with Crippen LogP contribution in [-0.2, 0) is 0 Å². The molecule has 1 amide bonds. The van der Waals surface area contributed by atoms with E-state index in [1.54, 1.807) is 12.1 Å². The Bertz CT molecular complexity index is 581. The summed E-state index contributed by atoms with van der Waals surface area (Å²) in [6.07, 6.45) is 0. The van der Waals surface area contributed by atoms with Crippen molar-refractivity contribution in [3.63, 3.8) is 0 Å². The molecule has 0 fully saturated rings. The maximum atomic E-state index is 12.1. The molecule has 0 radical (unpaired) electrons. The molecule has 2 rings (SSSR count). The second-order valence-corrected chi connectivity index (χ2v) is 5.60. The van der Waals surface area contributed by atoms with Gasteiger partial charge in [-0.05, 0) is 59.8 Å². The van der Waals surface area contributed by atoms with Crippen LogP contribution in [0.1, 0.15) is 15.9 Å². The summed E-state index contributed by atoms with van der Waals surface area (Å²) in [4.78, 5) is 12.1. The van der Waals surface area contributed by atoms with E-state index in [1.165, 1.54) is 0 Å². The Morgan fingerprint density at radius 1 is 1.17 bits per heavy atom. The van der Waals surface area contributed by atoms with E-state index in [1.807, 2.05) is 37.3 Å². The summed E-state index contributed by atoms with van der Waals surface area (Å²) >= 11 is 8.17. The number of anilines is 1. The van der Waals surface area contributed by atoms with Gasteiger partial charge in [0.1, 0.15) is 0 Å². The first-order valence-corrected chi connectivity index (χ1v) is 6.85. The summed E-state index contributed by atoms with van der Waals surface area (Å²) in [5, 5.41) is 3.29. The van der Waals surface area contributed by atoms with Gasteiger partial charge in [0.25, 0.3) is 5.91 Å². The molecule has 4 heteroatoms. The number of benzene rings is 2. The predicted octanol–water partition coefficient (Wildman–Crippen LogP) is 4.51. The lowest BCUT2D eigenvalue weighted by Crippen LogP contribution is -2.12. The minimum absolute atomic E-state index is 0.192. The van der Waals surface area contributed by atoms with Gasteiger partial charge in [0.15, 0.2) is 0 Å². The van der Waals surface area contributed by atoms with Gasteiger partial charge in [-0.25, -0.2) is 0 Å². The summed E-state index contributed by atoms with van der Waals surface area (Å²) in [5.74, 6) is -0.192. The second-order valence-electron chi connectivity index (χ2n) is 3.94. The number of rotatable bonds is 2. The third kappa shape index (κ3) is 3.23. The molecule has 0 atom stereocenters. The Hall–Kier alpha value is -1.07. The number of amides is 1. The minimum atomic E-state index is -0.192. The predicted molar refractivity (Wildman–Crippen MR) is 83.3 cm³/mol. The fourth-order valence-electron chi connectivity index (χ4n) is 1.51. The van der Waals surface area contributed by atoms with Crippen LogP contribution in [0.15, 0.2) is 42.5 Å². The van der Waals surface area contributed by atoms with E-state index in [9.17, 15) is 4.79 Å². The van der Waals surface area contributed by atoms with Gasteiger partial charge in [0, 0.05) is 9.26 Å². The van der Waals surface area contributed by atoms with Gasteiger partial charge < -0.3 is 5.32 Å². The molecule has 2 aromatic rings. The van der Waals surface area contributed by atoms with Crippen LogP contribution in [-0.4, -0.2) is 5.91 Å². The Kier molecular flexibility index (Phi) is 4.24. The molecule has 2 aromatic carbocycles. The van der Waals surface area contributed by atoms with Gasteiger partial charge >= 0.3 is 0 Å². The molecule has 0 heterocycles. The summed E-state index contributed by atoms with van der Waals surface area (Å²) in [5.41, 5.74) is 2.41. The van der Waals surface area contributed by atoms with Crippen molar-refractivity contribution >= 4 is 45.8 Å². The third-order valence-corrected chi connectivity index (χ3v) is 3.48. The smallest absolute Gasteiger partial charge is 0.257 e. The second kappa shape index (κ2) is 5.71. The Labute approximate surface area is 124 Å². The zero-order chi connectivity index (χ0) is 13.1. The monoisotopic (exact) mass is 371 g/mol. The van der Waals surface area contributed by atoms with Crippen LogP contribution >= 0.6 is 34.2 Å². The van der Waals surface area contributed by atoms with Crippen molar-refractivity contribution in [3.05, 3.63) is 62.2 Å². The highest BCUT2D eigenvalue weighted by Crippen LogP contribution is 2.20. The number of aryl methyl sites for hydroxylation is 1. The summed E-state index contributed by atoms with van der Waals surface area (Å²) < 4.78 is 0.978. The van der Waals surface area contributed by atoms with Crippen molar-refractivity contribution in [2.75, 3.05) is 5.32 Å².